The molecule has 2 rings (SSSR count). The number of hydrogen-bond donors (Lipinski definition) is 1. The van der Waals surface area contributed by atoms with Crippen molar-refractivity contribution in [2.45, 2.75) is 42.2 Å². The van der Waals surface area contributed by atoms with E-state index in [2.05, 4.69) is 4.98 Å². The van der Waals surface area contributed by atoms with Crippen molar-refractivity contribution >= 4 is 15.7 Å². The Labute approximate surface area is 106 Å². The van der Waals surface area contributed by atoms with E-state index in [1.807, 2.05) is 0 Å². The molecular formula is C12H16N2O3S. The molecule has 0 radical (unpaired) electrons. The molecule has 18 heavy (non-hydrogen) atoms. The SMILES string of the molecule is NC(=O)c1ccc(S(=O)(=O)C2CCCCC2)cn1. The Bertz CT molecular complexity index is 531. The fourth-order valence-corrected chi connectivity index (χ4v) is 4.06. The van der Waals surface area contributed by atoms with Crippen molar-refractivity contribution in [3.63, 3.8) is 0 Å². The van der Waals surface area contributed by atoms with Gasteiger partial charge in [-0.05, 0) is 25.0 Å². The van der Waals surface area contributed by atoms with Crippen LogP contribution in [-0.2, 0) is 9.84 Å². The number of nitrogens with two attached hydrogens (primary N) is 1. The molecule has 1 saturated carbocycles. The van der Waals surface area contributed by atoms with Crippen LogP contribution in [0.5, 0.6) is 0 Å². The summed E-state index contributed by atoms with van der Waals surface area (Å²) in [6, 6.07) is 2.77. The first-order valence-electron chi connectivity index (χ1n) is 6.01. The lowest BCUT2D eigenvalue weighted by Crippen LogP contribution is -2.24. The summed E-state index contributed by atoms with van der Waals surface area (Å²) in [5.74, 6) is -0.656. The Morgan fingerprint density at radius 1 is 1.22 bits per heavy atom. The van der Waals surface area contributed by atoms with Crippen LogP contribution in [0.2, 0.25) is 0 Å². The average Bonchev–Trinajstić information content (AvgIpc) is 2.40. The van der Waals surface area contributed by atoms with Crippen molar-refractivity contribution in [3.05, 3.63) is 24.0 Å². The maximum Gasteiger partial charge on any atom is 0.267 e. The first-order valence-corrected chi connectivity index (χ1v) is 7.56. The topological polar surface area (TPSA) is 90.1 Å². The molecule has 1 aromatic rings. The Morgan fingerprint density at radius 2 is 1.89 bits per heavy atom. The third-order valence-electron chi connectivity index (χ3n) is 3.31. The van der Waals surface area contributed by atoms with E-state index in [0.717, 1.165) is 19.3 Å². The third-order valence-corrected chi connectivity index (χ3v) is 5.56. The average molecular weight is 268 g/mol. The maximum absolute atomic E-state index is 12.3. The molecular weight excluding hydrogens is 252 g/mol. The molecule has 1 heterocycles. The molecule has 0 unspecified atom stereocenters. The molecule has 0 atom stereocenters. The van der Waals surface area contributed by atoms with Gasteiger partial charge in [0, 0.05) is 6.20 Å². The fourth-order valence-electron chi connectivity index (χ4n) is 2.26. The van der Waals surface area contributed by atoms with Gasteiger partial charge in [0.2, 0.25) is 0 Å². The van der Waals surface area contributed by atoms with Crippen molar-refractivity contribution < 1.29 is 13.2 Å². The minimum Gasteiger partial charge on any atom is -0.364 e. The van der Waals surface area contributed by atoms with Gasteiger partial charge in [0.05, 0.1) is 10.1 Å². The number of sulfone groups is 1. The van der Waals surface area contributed by atoms with Gasteiger partial charge in [-0.1, -0.05) is 19.3 Å². The second-order valence-corrected chi connectivity index (χ2v) is 6.78. The molecule has 1 aliphatic rings. The van der Waals surface area contributed by atoms with Gasteiger partial charge in [0.25, 0.3) is 5.91 Å². The standard InChI is InChI=1S/C12H16N2O3S/c13-12(15)11-7-6-10(8-14-11)18(16,17)9-4-2-1-3-5-9/h6-9H,1-5H2,(H2,13,15). The van der Waals surface area contributed by atoms with Crippen LogP contribution in [0.4, 0.5) is 0 Å². The molecule has 0 spiro atoms. The highest BCUT2D eigenvalue weighted by molar-refractivity contribution is 7.92. The number of amides is 1. The molecule has 0 aliphatic heterocycles. The molecule has 1 fully saturated rings. The molecule has 0 bridgehead atoms. The Balaban J connectivity index is 2.26. The smallest absolute Gasteiger partial charge is 0.267 e. The second kappa shape index (κ2) is 5.06. The largest absolute Gasteiger partial charge is 0.364 e. The number of carbonyl (C=O) groups excluding carboxylic acids is 1. The van der Waals surface area contributed by atoms with E-state index in [9.17, 15) is 13.2 Å². The minimum atomic E-state index is -3.32. The van der Waals surface area contributed by atoms with E-state index in [0.29, 0.717) is 12.8 Å². The highest BCUT2D eigenvalue weighted by atomic mass is 32.2. The quantitative estimate of drug-likeness (QED) is 0.894. The van der Waals surface area contributed by atoms with Gasteiger partial charge in [0.15, 0.2) is 9.84 Å². The second-order valence-electron chi connectivity index (χ2n) is 4.55. The van der Waals surface area contributed by atoms with Crippen LogP contribution in [0.25, 0.3) is 0 Å². The molecule has 1 aromatic heterocycles. The number of nitrogens with zero attached hydrogens (tertiary/aromatic N) is 1. The first-order chi connectivity index (χ1) is 8.51. The fraction of sp³-hybridized carbons (Fsp3) is 0.500. The van der Waals surface area contributed by atoms with Crippen LogP contribution in [0.15, 0.2) is 23.2 Å². The maximum atomic E-state index is 12.3. The zero-order valence-electron chi connectivity index (χ0n) is 10.0. The summed E-state index contributed by atoms with van der Waals surface area (Å²) in [4.78, 5) is 14.8. The van der Waals surface area contributed by atoms with Crippen molar-refractivity contribution in [2.24, 2.45) is 5.73 Å². The highest BCUT2D eigenvalue weighted by Crippen LogP contribution is 2.28. The zero-order chi connectivity index (χ0) is 13.2. The highest BCUT2D eigenvalue weighted by Gasteiger charge is 2.29. The summed E-state index contributed by atoms with van der Waals surface area (Å²) in [6.07, 6.45) is 5.65. The summed E-state index contributed by atoms with van der Waals surface area (Å²) < 4.78 is 24.6. The molecule has 98 valence electrons. The van der Waals surface area contributed by atoms with Gasteiger partial charge in [0.1, 0.15) is 5.69 Å². The van der Waals surface area contributed by atoms with E-state index in [-0.39, 0.29) is 15.8 Å². The van der Waals surface area contributed by atoms with E-state index < -0.39 is 15.7 Å². The molecule has 5 nitrogen and oxygen atoms in total. The Hall–Kier alpha value is -1.43. The predicted molar refractivity (Wildman–Crippen MR) is 66.8 cm³/mol. The van der Waals surface area contributed by atoms with Crippen LogP contribution in [0, 0.1) is 0 Å². The van der Waals surface area contributed by atoms with Crippen molar-refractivity contribution in [3.8, 4) is 0 Å². The van der Waals surface area contributed by atoms with Crippen LogP contribution >= 0.6 is 0 Å². The van der Waals surface area contributed by atoms with Gasteiger partial charge in [-0.2, -0.15) is 0 Å². The summed E-state index contributed by atoms with van der Waals surface area (Å²) in [5.41, 5.74) is 5.15. The third kappa shape index (κ3) is 2.53. The summed E-state index contributed by atoms with van der Waals surface area (Å²) >= 11 is 0. The molecule has 6 heteroatoms. The van der Waals surface area contributed by atoms with Crippen molar-refractivity contribution in [1.82, 2.24) is 4.98 Å². The monoisotopic (exact) mass is 268 g/mol. The lowest BCUT2D eigenvalue weighted by Gasteiger charge is -2.21. The van der Waals surface area contributed by atoms with E-state index in [4.69, 9.17) is 5.73 Å². The van der Waals surface area contributed by atoms with Gasteiger partial charge in [-0.3, -0.25) is 4.79 Å². The molecule has 0 saturated heterocycles. The summed E-state index contributed by atoms with van der Waals surface area (Å²) in [5, 5.41) is -0.313. The predicted octanol–water partition coefficient (Wildman–Crippen LogP) is 1.29. The summed E-state index contributed by atoms with van der Waals surface area (Å²) in [7, 11) is -3.32. The summed E-state index contributed by atoms with van der Waals surface area (Å²) in [6.45, 7) is 0. The normalized spacial score (nSPS) is 17.6. The Morgan fingerprint density at radius 3 is 2.39 bits per heavy atom. The van der Waals surface area contributed by atoms with Crippen LogP contribution in [-0.4, -0.2) is 24.6 Å². The number of carbonyl (C=O) groups is 1. The molecule has 2 N–H and O–H groups in total. The minimum absolute atomic E-state index is 0.0811. The first kappa shape index (κ1) is 13.0. The number of hydrogen-bond acceptors (Lipinski definition) is 4. The number of aromatic nitrogens is 1. The lowest BCUT2D eigenvalue weighted by atomic mass is 10.0. The zero-order valence-corrected chi connectivity index (χ0v) is 10.8. The van der Waals surface area contributed by atoms with E-state index in [1.165, 1.54) is 18.3 Å². The number of pyridine rings is 1. The van der Waals surface area contributed by atoms with Crippen LogP contribution < -0.4 is 5.73 Å². The Kier molecular flexibility index (Phi) is 3.65. The van der Waals surface area contributed by atoms with Crippen molar-refractivity contribution in [2.75, 3.05) is 0 Å². The van der Waals surface area contributed by atoms with E-state index in [1.54, 1.807) is 0 Å². The van der Waals surface area contributed by atoms with Crippen LogP contribution in [0.1, 0.15) is 42.6 Å². The van der Waals surface area contributed by atoms with E-state index >= 15 is 0 Å². The number of primary amides is 1. The van der Waals surface area contributed by atoms with Gasteiger partial charge in [-0.25, -0.2) is 13.4 Å². The van der Waals surface area contributed by atoms with Crippen molar-refractivity contribution in [1.29, 1.82) is 0 Å². The number of rotatable bonds is 3. The molecule has 1 amide bonds. The van der Waals surface area contributed by atoms with Gasteiger partial charge in [-0.15, -0.1) is 0 Å². The molecule has 0 aromatic carbocycles. The lowest BCUT2D eigenvalue weighted by molar-refractivity contribution is 0.0995. The van der Waals surface area contributed by atoms with Crippen LogP contribution in [0.3, 0.4) is 0 Å². The molecule has 1 aliphatic carbocycles. The van der Waals surface area contributed by atoms with Gasteiger partial charge < -0.3 is 5.73 Å². The van der Waals surface area contributed by atoms with Gasteiger partial charge >= 0.3 is 0 Å².